The number of ether oxygens (including phenoxy) is 1. The van der Waals surface area contributed by atoms with Gasteiger partial charge in [0, 0.05) is 34.1 Å². The van der Waals surface area contributed by atoms with Crippen molar-refractivity contribution >= 4 is 23.3 Å². The van der Waals surface area contributed by atoms with Gasteiger partial charge in [-0.25, -0.2) is 0 Å². The molecule has 1 aliphatic rings. The molecule has 0 unspecified atom stereocenters. The van der Waals surface area contributed by atoms with Crippen molar-refractivity contribution in [2.45, 2.75) is 12.3 Å². The fraction of sp³-hybridized carbons (Fsp3) is 0.158. The molecule has 1 atom stereocenters. The number of methoxy groups -OCH3 is 1. The Kier molecular flexibility index (Phi) is 3.93. The van der Waals surface area contributed by atoms with E-state index in [4.69, 9.17) is 16.3 Å². The van der Waals surface area contributed by atoms with Crippen LogP contribution in [0, 0.1) is 0 Å². The monoisotopic (exact) mass is 353 g/mol. The Balaban J connectivity index is 1.88. The van der Waals surface area contributed by atoms with Gasteiger partial charge >= 0.3 is 0 Å². The lowest BCUT2D eigenvalue weighted by molar-refractivity contribution is -0.116. The minimum absolute atomic E-state index is 0.0578. The number of benzene rings is 2. The van der Waals surface area contributed by atoms with Crippen molar-refractivity contribution in [2.24, 2.45) is 0 Å². The minimum Gasteiger partial charge on any atom is -0.496 e. The molecule has 2 heterocycles. The maximum Gasteiger partial charge on any atom is 0.226 e. The predicted octanol–water partition coefficient (Wildman–Crippen LogP) is 4.21. The molecule has 1 aliphatic heterocycles. The molecule has 3 aromatic rings. The third-order valence-corrected chi connectivity index (χ3v) is 4.70. The molecule has 0 spiro atoms. The molecule has 4 rings (SSSR count). The number of aromatic amines is 1. The number of nitrogens with zero attached hydrogens (tertiary/aromatic N) is 1. The van der Waals surface area contributed by atoms with Crippen molar-refractivity contribution in [1.82, 2.24) is 10.2 Å². The fourth-order valence-electron chi connectivity index (χ4n) is 3.31. The highest BCUT2D eigenvalue weighted by atomic mass is 35.5. The summed E-state index contributed by atoms with van der Waals surface area (Å²) < 4.78 is 5.51. The molecule has 2 aromatic carbocycles. The van der Waals surface area contributed by atoms with E-state index < -0.39 is 0 Å². The Labute approximate surface area is 150 Å². The summed E-state index contributed by atoms with van der Waals surface area (Å²) in [6.07, 6.45) is 0.341. The number of nitrogens with one attached hydrogen (secondary N) is 2. The lowest BCUT2D eigenvalue weighted by Crippen LogP contribution is -2.23. The average Bonchev–Trinajstić information content (AvgIpc) is 3.05. The van der Waals surface area contributed by atoms with E-state index in [0.29, 0.717) is 17.3 Å². The number of para-hydroxylation sites is 1. The molecule has 1 amide bonds. The van der Waals surface area contributed by atoms with Gasteiger partial charge in [-0.05, 0) is 18.2 Å². The van der Waals surface area contributed by atoms with Crippen LogP contribution >= 0.6 is 11.6 Å². The van der Waals surface area contributed by atoms with Gasteiger partial charge in [-0.3, -0.25) is 9.89 Å². The molecule has 0 aliphatic carbocycles. The highest BCUT2D eigenvalue weighted by molar-refractivity contribution is 6.30. The van der Waals surface area contributed by atoms with Crippen molar-refractivity contribution in [1.29, 1.82) is 0 Å². The Morgan fingerprint density at radius 1 is 1.16 bits per heavy atom. The number of fused-ring (bicyclic) bond motifs is 1. The fourth-order valence-corrected chi connectivity index (χ4v) is 3.44. The Hall–Kier alpha value is -2.79. The first-order valence-corrected chi connectivity index (χ1v) is 8.32. The van der Waals surface area contributed by atoms with Crippen LogP contribution in [0.3, 0.4) is 0 Å². The second kappa shape index (κ2) is 6.26. The number of aromatic nitrogens is 2. The SMILES string of the molecule is COc1ccccc1[C@H]1CC(=O)Nc2n[nH]c(-c3ccc(Cl)cc3)c21. The van der Waals surface area contributed by atoms with Crippen LogP contribution in [0.5, 0.6) is 5.75 Å². The second-order valence-electron chi connectivity index (χ2n) is 5.91. The van der Waals surface area contributed by atoms with Gasteiger partial charge < -0.3 is 10.1 Å². The number of hydrogen-bond donors (Lipinski definition) is 2. The molecule has 126 valence electrons. The van der Waals surface area contributed by atoms with Gasteiger partial charge in [0.1, 0.15) is 5.75 Å². The number of halogens is 1. The first kappa shape index (κ1) is 15.7. The summed E-state index contributed by atoms with van der Waals surface area (Å²) in [5.74, 6) is 1.13. The predicted molar refractivity (Wildman–Crippen MR) is 97.1 cm³/mol. The summed E-state index contributed by atoms with van der Waals surface area (Å²) in [7, 11) is 1.64. The molecule has 2 N–H and O–H groups in total. The largest absolute Gasteiger partial charge is 0.496 e. The molecule has 0 bridgehead atoms. The number of carbonyl (C=O) groups excluding carboxylic acids is 1. The second-order valence-corrected chi connectivity index (χ2v) is 6.35. The number of carbonyl (C=O) groups is 1. The summed E-state index contributed by atoms with van der Waals surface area (Å²) >= 11 is 6.00. The number of amides is 1. The first-order chi connectivity index (χ1) is 12.2. The van der Waals surface area contributed by atoms with Crippen LogP contribution in [0.1, 0.15) is 23.5 Å². The van der Waals surface area contributed by atoms with Gasteiger partial charge in [0.25, 0.3) is 0 Å². The lowest BCUT2D eigenvalue weighted by Gasteiger charge is -2.25. The van der Waals surface area contributed by atoms with Crippen molar-refractivity contribution in [3.05, 3.63) is 64.7 Å². The van der Waals surface area contributed by atoms with Crippen molar-refractivity contribution in [3.8, 4) is 17.0 Å². The highest BCUT2D eigenvalue weighted by Crippen LogP contribution is 2.44. The van der Waals surface area contributed by atoms with Crippen molar-refractivity contribution in [2.75, 3.05) is 12.4 Å². The van der Waals surface area contributed by atoms with E-state index in [1.54, 1.807) is 7.11 Å². The van der Waals surface area contributed by atoms with Crippen molar-refractivity contribution in [3.63, 3.8) is 0 Å². The smallest absolute Gasteiger partial charge is 0.226 e. The number of anilines is 1. The molecule has 0 fully saturated rings. The molecule has 0 radical (unpaired) electrons. The van der Waals surface area contributed by atoms with Gasteiger partial charge in [0.05, 0.1) is 12.8 Å². The molecule has 1 aromatic heterocycles. The number of rotatable bonds is 3. The first-order valence-electron chi connectivity index (χ1n) is 7.94. The molecule has 25 heavy (non-hydrogen) atoms. The van der Waals surface area contributed by atoms with Gasteiger partial charge in [-0.15, -0.1) is 0 Å². The zero-order chi connectivity index (χ0) is 17.4. The normalized spacial score (nSPS) is 16.2. The molecule has 0 saturated carbocycles. The summed E-state index contributed by atoms with van der Waals surface area (Å²) in [6, 6.07) is 15.3. The molecule has 0 saturated heterocycles. The number of hydrogen-bond acceptors (Lipinski definition) is 3. The van der Waals surface area contributed by atoms with Gasteiger partial charge in [0.15, 0.2) is 5.82 Å². The number of H-pyrrole nitrogens is 1. The van der Waals surface area contributed by atoms with E-state index in [1.165, 1.54) is 0 Å². The van der Waals surface area contributed by atoms with E-state index in [1.807, 2.05) is 48.5 Å². The third-order valence-electron chi connectivity index (χ3n) is 4.45. The van der Waals surface area contributed by atoms with Crippen LogP contribution in [0.15, 0.2) is 48.5 Å². The topological polar surface area (TPSA) is 67.0 Å². The molecule has 6 heteroatoms. The molecular formula is C19H16ClN3O2. The van der Waals surface area contributed by atoms with E-state index in [9.17, 15) is 4.79 Å². The summed E-state index contributed by atoms with van der Waals surface area (Å²) in [5, 5.41) is 10.9. The van der Waals surface area contributed by atoms with Crippen LogP contribution in [-0.4, -0.2) is 23.2 Å². The minimum atomic E-state index is -0.135. The van der Waals surface area contributed by atoms with Crippen LogP contribution in [-0.2, 0) is 4.79 Å². The third kappa shape index (κ3) is 2.76. The Morgan fingerprint density at radius 2 is 1.92 bits per heavy atom. The Morgan fingerprint density at radius 3 is 2.68 bits per heavy atom. The van der Waals surface area contributed by atoms with E-state index >= 15 is 0 Å². The zero-order valence-corrected chi connectivity index (χ0v) is 14.3. The lowest BCUT2D eigenvalue weighted by atomic mass is 9.84. The van der Waals surface area contributed by atoms with E-state index in [2.05, 4.69) is 15.5 Å². The van der Waals surface area contributed by atoms with Gasteiger partial charge in [0.2, 0.25) is 5.91 Å². The molecular weight excluding hydrogens is 338 g/mol. The van der Waals surface area contributed by atoms with E-state index in [0.717, 1.165) is 28.1 Å². The van der Waals surface area contributed by atoms with Gasteiger partial charge in [-0.1, -0.05) is 41.9 Å². The van der Waals surface area contributed by atoms with Crippen LogP contribution in [0.25, 0.3) is 11.3 Å². The van der Waals surface area contributed by atoms with Gasteiger partial charge in [-0.2, -0.15) is 5.10 Å². The van der Waals surface area contributed by atoms with Crippen LogP contribution in [0.4, 0.5) is 5.82 Å². The maximum atomic E-state index is 12.2. The standard InChI is InChI=1S/C19H16ClN3O2/c1-25-15-5-3-2-4-13(15)14-10-16(24)21-19-17(14)18(22-23-19)11-6-8-12(20)9-7-11/h2-9,14H,10H2,1H3,(H2,21,22,23,24)/t14-/m1/s1. The molecule has 5 nitrogen and oxygen atoms in total. The Bertz CT molecular complexity index is 934. The van der Waals surface area contributed by atoms with Crippen LogP contribution in [0.2, 0.25) is 5.02 Å². The summed E-state index contributed by atoms with van der Waals surface area (Å²) in [5.41, 5.74) is 3.78. The van der Waals surface area contributed by atoms with E-state index in [-0.39, 0.29) is 11.8 Å². The zero-order valence-electron chi connectivity index (χ0n) is 13.5. The van der Waals surface area contributed by atoms with Crippen molar-refractivity contribution < 1.29 is 9.53 Å². The quantitative estimate of drug-likeness (QED) is 0.741. The summed E-state index contributed by atoms with van der Waals surface area (Å²) in [4.78, 5) is 12.2. The summed E-state index contributed by atoms with van der Waals surface area (Å²) in [6.45, 7) is 0. The highest BCUT2D eigenvalue weighted by Gasteiger charge is 2.33. The van der Waals surface area contributed by atoms with Crippen LogP contribution < -0.4 is 10.1 Å². The maximum absolute atomic E-state index is 12.2. The average molecular weight is 354 g/mol.